The number of hydrogen-bond acceptors (Lipinski definition) is 6. The van der Waals surface area contributed by atoms with E-state index in [1.807, 2.05) is 69.4 Å². The van der Waals surface area contributed by atoms with Crippen molar-refractivity contribution < 1.29 is 17.6 Å². The highest BCUT2D eigenvalue weighted by atomic mass is 32.2. The van der Waals surface area contributed by atoms with Crippen LogP contribution in [0.1, 0.15) is 53.6 Å². The van der Waals surface area contributed by atoms with Gasteiger partial charge in [0.1, 0.15) is 11.3 Å². The minimum atomic E-state index is -3.56. The molecule has 0 saturated carbocycles. The van der Waals surface area contributed by atoms with Gasteiger partial charge in [-0.25, -0.2) is 13.4 Å². The maximum absolute atomic E-state index is 13.4. The Morgan fingerprint density at radius 2 is 1.86 bits per heavy atom. The van der Waals surface area contributed by atoms with E-state index in [1.54, 1.807) is 13.1 Å². The summed E-state index contributed by atoms with van der Waals surface area (Å²) < 4.78 is 35.5. The van der Waals surface area contributed by atoms with Crippen molar-refractivity contribution in [3.05, 3.63) is 77.4 Å². The molecule has 1 fully saturated rings. The van der Waals surface area contributed by atoms with Crippen molar-refractivity contribution >= 4 is 49.4 Å². The minimum Gasteiger partial charge on any atom is -0.455 e. The molecule has 1 atom stereocenters. The van der Waals surface area contributed by atoms with Gasteiger partial charge in [0, 0.05) is 56.5 Å². The largest absolute Gasteiger partial charge is 0.455 e. The Kier molecular flexibility index (Phi) is 7.09. The van der Waals surface area contributed by atoms with E-state index >= 15 is 0 Å². The van der Waals surface area contributed by atoms with Gasteiger partial charge in [0.2, 0.25) is 16.0 Å². The van der Waals surface area contributed by atoms with E-state index in [9.17, 15) is 13.2 Å². The predicted molar refractivity (Wildman–Crippen MR) is 169 cm³/mol. The van der Waals surface area contributed by atoms with Crippen LogP contribution in [0.4, 0.5) is 11.6 Å². The number of aromatic nitrogens is 2. The SMILES string of the molecule is CCC(=O)c1c(-c2ccc(C)cc2)oc2cc(N(C)S(C)(=O)=O)c([C@H]3CCCN(c4nc5ccccc5n4C)C3)cc12. The maximum atomic E-state index is 13.4. The van der Waals surface area contributed by atoms with E-state index in [0.717, 1.165) is 58.4 Å². The quantitative estimate of drug-likeness (QED) is 0.199. The summed E-state index contributed by atoms with van der Waals surface area (Å²) in [6, 6.07) is 19.8. The zero-order valence-corrected chi connectivity index (χ0v) is 25.5. The van der Waals surface area contributed by atoms with Gasteiger partial charge in [-0.1, -0.05) is 48.9 Å². The summed E-state index contributed by atoms with van der Waals surface area (Å²) in [7, 11) is 0.0470. The van der Waals surface area contributed by atoms with Crippen LogP contribution in [-0.4, -0.2) is 50.1 Å². The fourth-order valence-electron chi connectivity index (χ4n) is 6.12. The first-order valence-corrected chi connectivity index (χ1v) is 16.2. The normalized spacial score (nSPS) is 15.9. The molecule has 0 unspecified atom stereocenters. The molecule has 0 spiro atoms. The molecule has 42 heavy (non-hydrogen) atoms. The van der Waals surface area contributed by atoms with Gasteiger partial charge >= 0.3 is 0 Å². The van der Waals surface area contributed by atoms with Crippen LogP contribution < -0.4 is 9.21 Å². The third-order valence-corrected chi connectivity index (χ3v) is 9.69. The van der Waals surface area contributed by atoms with Crippen molar-refractivity contribution in [2.24, 2.45) is 7.05 Å². The molecule has 3 aromatic carbocycles. The molecular formula is C33H36N4O4S. The van der Waals surface area contributed by atoms with E-state index in [0.29, 0.717) is 35.6 Å². The molecule has 0 aliphatic carbocycles. The summed E-state index contributed by atoms with van der Waals surface area (Å²) in [6.45, 7) is 5.40. The lowest BCUT2D eigenvalue weighted by Gasteiger charge is -2.35. The van der Waals surface area contributed by atoms with E-state index in [4.69, 9.17) is 9.40 Å². The summed E-state index contributed by atoms with van der Waals surface area (Å²) in [5.74, 6) is 1.42. The Balaban J connectivity index is 1.51. The molecule has 9 heteroatoms. The number of hydrogen-bond donors (Lipinski definition) is 0. The summed E-state index contributed by atoms with van der Waals surface area (Å²) in [5, 5.41) is 0.720. The third-order valence-electron chi connectivity index (χ3n) is 8.50. The Morgan fingerprint density at radius 1 is 1.12 bits per heavy atom. The molecule has 0 N–H and O–H groups in total. The van der Waals surface area contributed by atoms with Gasteiger partial charge in [-0.3, -0.25) is 9.10 Å². The molecule has 1 aliphatic rings. The van der Waals surface area contributed by atoms with E-state index in [-0.39, 0.29) is 11.7 Å². The van der Waals surface area contributed by atoms with Gasteiger partial charge in [0.05, 0.1) is 28.5 Å². The van der Waals surface area contributed by atoms with Gasteiger partial charge in [-0.15, -0.1) is 0 Å². The van der Waals surface area contributed by atoms with Crippen LogP contribution in [0.5, 0.6) is 0 Å². The molecular weight excluding hydrogens is 548 g/mol. The molecule has 1 aliphatic heterocycles. The van der Waals surface area contributed by atoms with Crippen molar-refractivity contribution in [1.29, 1.82) is 0 Å². The first kappa shape index (κ1) is 28.0. The number of anilines is 2. The highest BCUT2D eigenvalue weighted by molar-refractivity contribution is 7.92. The van der Waals surface area contributed by atoms with Crippen LogP contribution >= 0.6 is 0 Å². The second-order valence-corrected chi connectivity index (χ2v) is 13.3. The molecule has 218 valence electrons. The van der Waals surface area contributed by atoms with Crippen LogP contribution in [-0.2, 0) is 17.1 Å². The van der Waals surface area contributed by atoms with Crippen LogP contribution in [0.15, 0.2) is 65.1 Å². The van der Waals surface area contributed by atoms with Crippen molar-refractivity contribution in [3.8, 4) is 11.3 Å². The molecule has 0 radical (unpaired) electrons. The number of benzene rings is 3. The first-order chi connectivity index (χ1) is 20.1. The van der Waals surface area contributed by atoms with Crippen LogP contribution in [0, 0.1) is 6.92 Å². The van der Waals surface area contributed by atoms with Crippen molar-refractivity contribution in [2.45, 2.75) is 39.0 Å². The lowest BCUT2D eigenvalue weighted by atomic mass is 9.87. The molecule has 2 aromatic heterocycles. The molecule has 8 nitrogen and oxygen atoms in total. The molecule has 6 rings (SSSR count). The number of aryl methyl sites for hydroxylation is 2. The van der Waals surface area contributed by atoms with Gasteiger partial charge in [-0.05, 0) is 43.5 Å². The fraction of sp³-hybridized carbons (Fsp3) is 0.333. The second kappa shape index (κ2) is 10.6. The third kappa shape index (κ3) is 4.85. The predicted octanol–water partition coefficient (Wildman–Crippen LogP) is 6.67. The number of Topliss-reactive ketones (excluding diaryl/α,β-unsaturated/α-hetero) is 1. The van der Waals surface area contributed by atoms with Crippen molar-refractivity contribution in [3.63, 3.8) is 0 Å². The number of carbonyl (C=O) groups is 1. The lowest BCUT2D eigenvalue weighted by molar-refractivity contribution is 0.0989. The Morgan fingerprint density at radius 3 is 2.55 bits per heavy atom. The molecule has 0 amide bonds. The number of sulfonamides is 1. The van der Waals surface area contributed by atoms with Crippen LogP contribution in [0.25, 0.3) is 33.3 Å². The average Bonchev–Trinajstić information content (AvgIpc) is 3.53. The Hall–Kier alpha value is -4.11. The van der Waals surface area contributed by atoms with Gasteiger partial charge < -0.3 is 13.9 Å². The molecule has 3 heterocycles. The Labute approximate surface area is 246 Å². The highest BCUT2D eigenvalue weighted by Gasteiger charge is 2.31. The topological polar surface area (TPSA) is 88.7 Å². The minimum absolute atomic E-state index is 0.00976. The number of rotatable bonds is 7. The summed E-state index contributed by atoms with van der Waals surface area (Å²) in [4.78, 5) is 20.6. The smallest absolute Gasteiger partial charge is 0.232 e. The molecule has 1 saturated heterocycles. The summed E-state index contributed by atoms with van der Waals surface area (Å²) >= 11 is 0. The van der Waals surface area contributed by atoms with Crippen LogP contribution in [0.3, 0.4) is 0 Å². The second-order valence-electron chi connectivity index (χ2n) is 11.3. The zero-order chi connectivity index (χ0) is 29.8. The van der Waals surface area contributed by atoms with Crippen LogP contribution in [0.2, 0.25) is 0 Å². The van der Waals surface area contributed by atoms with Gasteiger partial charge in [0.25, 0.3) is 0 Å². The van der Waals surface area contributed by atoms with E-state index in [1.165, 1.54) is 10.6 Å². The number of para-hydroxylation sites is 2. The number of nitrogens with zero attached hydrogens (tertiary/aromatic N) is 4. The average molecular weight is 585 g/mol. The molecule has 0 bridgehead atoms. The van der Waals surface area contributed by atoms with Crippen molar-refractivity contribution in [1.82, 2.24) is 9.55 Å². The summed E-state index contributed by atoms with van der Waals surface area (Å²) in [5.41, 5.74) is 6.45. The number of fused-ring (bicyclic) bond motifs is 2. The number of furan rings is 1. The maximum Gasteiger partial charge on any atom is 0.232 e. The lowest BCUT2D eigenvalue weighted by Crippen LogP contribution is -2.37. The number of carbonyl (C=O) groups excluding carboxylic acids is 1. The summed E-state index contributed by atoms with van der Waals surface area (Å²) in [6.07, 6.45) is 3.35. The standard InChI is InChI=1S/C33H36N4O4S/c1-6-29(38)31-25-18-24(23-10-9-17-37(20-23)33-34-26-11-7-8-12-27(26)35(33)3)28(36(4)42(5,39)40)19-30(25)41-32(31)22-15-13-21(2)14-16-22/h7-8,11-16,18-19,23H,6,9-10,17,20H2,1-5H3/t23-/m0/s1. The number of piperidine rings is 1. The van der Waals surface area contributed by atoms with Gasteiger partial charge in [0.15, 0.2) is 5.78 Å². The number of imidazole rings is 1. The monoisotopic (exact) mass is 584 g/mol. The number of ketones is 1. The highest BCUT2D eigenvalue weighted by Crippen LogP contribution is 2.42. The zero-order valence-electron chi connectivity index (χ0n) is 24.7. The van der Waals surface area contributed by atoms with E-state index < -0.39 is 10.0 Å². The fourth-order valence-corrected chi connectivity index (χ4v) is 6.63. The molecule has 5 aromatic rings. The van der Waals surface area contributed by atoms with Gasteiger partial charge in [-0.2, -0.15) is 0 Å². The van der Waals surface area contributed by atoms with Crippen molar-refractivity contribution in [2.75, 3.05) is 35.6 Å². The first-order valence-electron chi connectivity index (χ1n) is 14.4. The van der Waals surface area contributed by atoms with E-state index in [2.05, 4.69) is 15.5 Å². The Bertz CT molecular complexity index is 1920.